The van der Waals surface area contributed by atoms with Crippen molar-refractivity contribution in [2.45, 2.75) is 32.2 Å². The third kappa shape index (κ3) is 2.95. The van der Waals surface area contributed by atoms with Crippen LogP contribution in [0.1, 0.15) is 26.2 Å². The first-order valence-corrected chi connectivity index (χ1v) is 6.35. The first kappa shape index (κ1) is 11.9. The van der Waals surface area contributed by atoms with Crippen molar-refractivity contribution in [3.8, 4) is 0 Å². The van der Waals surface area contributed by atoms with Gasteiger partial charge in [-0.25, -0.2) is 0 Å². The van der Waals surface area contributed by atoms with Gasteiger partial charge in [0.1, 0.15) is 0 Å². The van der Waals surface area contributed by atoms with Crippen molar-refractivity contribution in [2.75, 3.05) is 32.8 Å². The highest BCUT2D eigenvalue weighted by atomic mass is 16.5. The summed E-state index contributed by atoms with van der Waals surface area (Å²) in [7, 11) is 0. The van der Waals surface area contributed by atoms with Gasteiger partial charge in [-0.05, 0) is 25.7 Å². The predicted octanol–water partition coefficient (Wildman–Crippen LogP) is 0.623. The highest BCUT2D eigenvalue weighted by Gasteiger charge is 2.24. The van der Waals surface area contributed by atoms with E-state index in [1.165, 1.54) is 0 Å². The molecule has 2 aliphatic rings. The number of amides is 1. The fourth-order valence-corrected chi connectivity index (χ4v) is 2.49. The summed E-state index contributed by atoms with van der Waals surface area (Å²) in [6.45, 7) is 6.57. The summed E-state index contributed by atoms with van der Waals surface area (Å²) in [6.07, 6.45) is 2.82. The molecule has 4 heteroatoms. The Balaban J connectivity index is 1.73. The minimum Gasteiger partial charge on any atom is -0.381 e. The van der Waals surface area contributed by atoms with E-state index in [4.69, 9.17) is 4.74 Å². The van der Waals surface area contributed by atoms with Crippen molar-refractivity contribution in [3.05, 3.63) is 0 Å². The van der Waals surface area contributed by atoms with Gasteiger partial charge < -0.3 is 15.0 Å². The molecule has 0 bridgehead atoms. The molecule has 0 aromatic heterocycles. The van der Waals surface area contributed by atoms with Gasteiger partial charge in [0, 0.05) is 45.3 Å². The van der Waals surface area contributed by atoms with Crippen LogP contribution in [0, 0.1) is 5.92 Å². The topological polar surface area (TPSA) is 41.6 Å². The molecule has 92 valence electrons. The van der Waals surface area contributed by atoms with Crippen LogP contribution in [-0.2, 0) is 9.53 Å². The van der Waals surface area contributed by atoms with Crippen LogP contribution in [0.15, 0.2) is 0 Å². The lowest BCUT2D eigenvalue weighted by Crippen LogP contribution is -2.52. The molecular formula is C12H22N2O2. The lowest BCUT2D eigenvalue weighted by atomic mass is 10.0. The summed E-state index contributed by atoms with van der Waals surface area (Å²) in [5.41, 5.74) is 0. The SMILES string of the molecule is CC1CNCCN1C(=O)CCC1CCOC1. The second kappa shape index (κ2) is 5.64. The third-order valence-electron chi connectivity index (χ3n) is 3.61. The Hall–Kier alpha value is -0.610. The Bertz CT molecular complexity index is 239. The molecule has 0 radical (unpaired) electrons. The van der Waals surface area contributed by atoms with Crippen LogP contribution in [0.25, 0.3) is 0 Å². The van der Waals surface area contributed by atoms with Gasteiger partial charge in [0.15, 0.2) is 0 Å². The molecule has 4 nitrogen and oxygen atoms in total. The second-order valence-corrected chi connectivity index (χ2v) is 4.91. The van der Waals surface area contributed by atoms with Gasteiger partial charge >= 0.3 is 0 Å². The van der Waals surface area contributed by atoms with E-state index < -0.39 is 0 Å². The third-order valence-corrected chi connectivity index (χ3v) is 3.61. The lowest BCUT2D eigenvalue weighted by molar-refractivity contribution is -0.134. The van der Waals surface area contributed by atoms with Crippen LogP contribution < -0.4 is 5.32 Å². The number of hydrogen-bond acceptors (Lipinski definition) is 3. The standard InChI is InChI=1S/C12H22N2O2/c1-10-8-13-5-6-14(10)12(15)3-2-11-4-7-16-9-11/h10-11,13H,2-9H2,1H3. The molecule has 2 heterocycles. The number of nitrogens with zero attached hydrogens (tertiary/aromatic N) is 1. The van der Waals surface area contributed by atoms with Crippen molar-refractivity contribution in [1.82, 2.24) is 10.2 Å². The fourth-order valence-electron chi connectivity index (χ4n) is 2.49. The zero-order valence-electron chi connectivity index (χ0n) is 10.1. The van der Waals surface area contributed by atoms with Crippen LogP contribution >= 0.6 is 0 Å². The number of rotatable bonds is 3. The number of piperazine rings is 1. The lowest BCUT2D eigenvalue weighted by Gasteiger charge is -2.34. The van der Waals surface area contributed by atoms with Gasteiger partial charge in [-0.2, -0.15) is 0 Å². The number of nitrogens with one attached hydrogen (secondary N) is 1. The van der Waals surface area contributed by atoms with Crippen LogP contribution in [0.2, 0.25) is 0 Å². The van der Waals surface area contributed by atoms with E-state index in [0.29, 0.717) is 24.3 Å². The maximum atomic E-state index is 12.0. The van der Waals surface area contributed by atoms with Crippen molar-refractivity contribution < 1.29 is 9.53 Å². The Morgan fingerprint density at radius 2 is 2.44 bits per heavy atom. The molecule has 2 fully saturated rings. The molecule has 16 heavy (non-hydrogen) atoms. The molecule has 0 aromatic rings. The molecule has 2 aliphatic heterocycles. The molecule has 0 aromatic carbocycles. The van der Waals surface area contributed by atoms with Crippen LogP contribution in [-0.4, -0.2) is 49.7 Å². The molecule has 2 unspecified atom stereocenters. The van der Waals surface area contributed by atoms with Crippen molar-refractivity contribution in [1.29, 1.82) is 0 Å². The van der Waals surface area contributed by atoms with Gasteiger partial charge in [-0.15, -0.1) is 0 Å². The summed E-state index contributed by atoms with van der Waals surface area (Å²) >= 11 is 0. The van der Waals surface area contributed by atoms with Crippen LogP contribution in [0.4, 0.5) is 0 Å². The average Bonchev–Trinajstić information content (AvgIpc) is 2.79. The Kier molecular flexibility index (Phi) is 4.18. The van der Waals surface area contributed by atoms with E-state index >= 15 is 0 Å². The molecule has 0 spiro atoms. The van der Waals surface area contributed by atoms with E-state index in [2.05, 4.69) is 12.2 Å². The van der Waals surface area contributed by atoms with Crippen molar-refractivity contribution in [3.63, 3.8) is 0 Å². The minimum absolute atomic E-state index is 0.320. The van der Waals surface area contributed by atoms with Gasteiger partial charge in [0.05, 0.1) is 0 Å². The predicted molar refractivity (Wildman–Crippen MR) is 62.2 cm³/mol. The van der Waals surface area contributed by atoms with Gasteiger partial charge in [0.25, 0.3) is 0 Å². The smallest absolute Gasteiger partial charge is 0.222 e. The number of hydrogen-bond donors (Lipinski definition) is 1. The molecule has 1 amide bonds. The van der Waals surface area contributed by atoms with Crippen LogP contribution in [0.3, 0.4) is 0 Å². The van der Waals surface area contributed by atoms with Gasteiger partial charge in [-0.1, -0.05) is 0 Å². The largest absolute Gasteiger partial charge is 0.381 e. The zero-order chi connectivity index (χ0) is 11.4. The fraction of sp³-hybridized carbons (Fsp3) is 0.917. The quantitative estimate of drug-likeness (QED) is 0.767. The van der Waals surface area contributed by atoms with Crippen molar-refractivity contribution in [2.24, 2.45) is 5.92 Å². The molecule has 2 saturated heterocycles. The maximum Gasteiger partial charge on any atom is 0.222 e. The monoisotopic (exact) mass is 226 g/mol. The first-order chi connectivity index (χ1) is 7.77. The minimum atomic E-state index is 0.320. The number of carbonyl (C=O) groups is 1. The van der Waals surface area contributed by atoms with Gasteiger partial charge in [0.2, 0.25) is 5.91 Å². The average molecular weight is 226 g/mol. The number of carbonyl (C=O) groups excluding carboxylic acids is 1. The van der Waals surface area contributed by atoms with Crippen LogP contribution in [0.5, 0.6) is 0 Å². The van der Waals surface area contributed by atoms with E-state index in [1.54, 1.807) is 0 Å². The molecular weight excluding hydrogens is 204 g/mol. The van der Waals surface area contributed by atoms with E-state index in [-0.39, 0.29) is 0 Å². The Morgan fingerprint density at radius 1 is 1.56 bits per heavy atom. The Labute approximate surface area is 97.3 Å². The first-order valence-electron chi connectivity index (χ1n) is 6.35. The van der Waals surface area contributed by atoms with E-state index in [1.807, 2.05) is 4.90 Å². The summed E-state index contributed by atoms with van der Waals surface area (Å²) in [5, 5.41) is 3.30. The Morgan fingerprint density at radius 3 is 3.12 bits per heavy atom. The number of ether oxygens (including phenoxy) is 1. The second-order valence-electron chi connectivity index (χ2n) is 4.91. The molecule has 2 rings (SSSR count). The summed E-state index contributed by atoms with van der Waals surface area (Å²) < 4.78 is 5.32. The van der Waals surface area contributed by atoms with Crippen molar-refractivity contribution >= 4 is 5.91 Å². The summed E-state index contributed by atoms with van der Waals surface area (Å²) in [5.74, 6) is 0.933. The molecule has 0 saturated carbocycles. The summed E-state index contributed by atoms with van der Waals surface area (Å²) in [6, 6.07) is 0.348. The molecule has 1 N–H and O–H groups in total. The highest BCUT2D eigenvalue weighted by Crippen LogP contribution is 2.19. The summed E-state index contributed by atoms with van der Waals surface area (Å²) in [4.78, 5) is 14.0. The highest BCUT2D eigenvalue weighted by molar-refractivity contribution is 5.76. The molecule has 0 aliphatic carbocycles. The van der Waals surface area contributed by atoms with Gasteiger partial charge in [-0.3, -0.25) is 4.79 Å². The maximum absolute atomic E-state index is 12.0. The normalized spacial score (nSPS) is 30.7. The van der Waals surface area contributed by atoms with E-state index in [9.17, 15) is 4.79 Å². The molecule has 2 atom stereocenters. The van der Waals surface area contributed by atoms with E-state index in [0.717, 1.165) is 45.7 Å². The zero-order valence-corrected chi connectivity index (χ0v) is 10.1.